The molecule has 0 aliphatic carbocycles. The van der Waals surface area contributed by atoms with E-state index in [2.05, 4.69) is 20.6 Å². The van der Waals surface area contributed by atoms with Gasteiger partial charge in [0.05, 0.1) is 13.2 Å². The maximum atomic E-state index is 12.7. The zero-order valence-corrected chi connectivity index (χ0v) is 10.6. The highest BCUT2D eigenvalue weighted by Crippen LogP contribution is 2.28. The summed E-state index contributed by atoms with van der Waals surface area (Å²) in [5.74, 6) is -0.787. The molecule has 3 heterocycles. The Morgan fingerprint density at radius 2 is 2.10 bits per heavy atom. The molecule has 3 rings (SSSR count). The Labute approximate surface area is 111 Å². The second-order valence-electron chi connectivity index (χ2n) is 5.17. The molecule has 6 nitrogen and oxygen atoms in total. The lowest BCUT2D eigenvalue weighted by Gasteiger charge is -2.38. The summed E-state index contributed by atoms with van der Waals surface area (Å²) in [5, 5.41) is 13.5. The van der Waals surface area contributed by atoms with Crippen LogP contribution in [0.25, 0.3) is 5.65 Å². The Morgan fingerprint density at radius 1 is 1.35 bits per heavy atom. The summed E-state index contributed by atoms with van der Waals surface area (Å²) in [7, 11) is 0. The van der Waals surface area contributed by atoms with Crippen molar-refractivity contribution in [3.8, 4) is 0 Å². The van der Waals surface area contributed by atoms with E-state index < -0.39 is 12.0 Å². The van der Waals surface area contributed by atoms with E-state index in [9.17, 15) is 13.2 Å². The first-order valence-corrected chi connectivity index (χ1v) is 5.99. The third-order valence-corrected chi connectivity index (χ3v) is 3.11. The van der Waals surface area contributed by atoms with E-state index in [4.69, 9.17) is 4.74 Å². The van der Waals surface area contributed by atoms with Gasteiger partial charge in [-0.2, -0.15) is 17.7 Å². The highest BCUT2D eigenvalue weighted by molar-refractivity contribution is 5.44. The molecule has 1 aliphatic rings. The van der Waals surface area contributed by atoms with Crippen molar-refractivity contribution in [2.24, 2.45) is 5.41 Å². The van der Waals surface area contributed by atoms with Gasteiger partial charge in [0.2, 0.25) is 0 Å². The number of hydrogen-bond donors (Lipinski definition) is 1. The highest BCUT2D eigenvalue weighted by Gasteiger charge is 2.38. The van der Waals surface area contributed by atoms with Crippen molar-refractivity contribution in [1.29, 1.82) is 0 Å². The monoisotopic (exact) mass is 287 g/mol. The molecule has 0 unspecified atom stereocenters. The van der Waals surface area contributed by atoms with Crippen LogP contribution in [0.3, 0.4) is 0 Å². The van der Waals surface area contributed by atoms with E-state index in [1.807, 2.05) is 6.92 Å². The van der Waals surface area contributed by atoms with Crippen LogP contribution in [-0.4, -0.2) is 39.6 Å². The Kier molecular flexibility index (Phi) is 2.82. The fraction of sp³-hybridized carbons (Fsp3) is 0.545. The molecule has 0 atom stereocenters. The summed E-state index contributed by atoms with van der Waals surface area (Å²) in [6.07, 6.45) is -4.58. The summed E-state index contributed by atoms with van der Waals surface area (Å²) in [6.45, 7) is 3.86. The molecule has 1 saturated heterocycles. The van der Waals surface area contributed by atoms with Crippen LogP contribution in [-0.2, 0) is 10.9 Å². The summed E-state index contributed by atoms with van der Waals surface area (Å²) >= 11 is 0. The highest BCUT2D eigenvalue weighted by atomic mass is 19.4. The number of anilines is 1. The summed E-state index contributed by atoms with van der Waals surface area (Å²) in [4.78, 5) is 0. The van der Waals surface area contributed by atoms with Gasteiger partial charge in [0.1, 0.15) is 5.82 Å². The molecule has 1 fully saturated rings. The third-order valence-electron chi connectivity index (χ3n) is 3.11. The maximum absolute atomic E-state index is 12.7. The predicted molar refractivity (Wildman–Crippen MR) is 63.2 cm³/mol. The zero-order chi connectivity index (χ0) is 14.4. The van der Waals surface area contributed by atoms with Crippen LogP contribution in [0.1, 0.15) is 12.7 Å². The summed E-state index contributed by atoms with van der Waals surface area (Å²) < 4.78 is 44.0. The number of hydrogen-bond acceptors (Lipinski definition) is 5. The number of fused-ring (bicyclic) bond motifs is 1. The van der Waals surface area contributed by atoms with Crippen molar-refractivity contribution in [2.45, 2.75) is 13.1 Å². The van der Waals surface area contributed by atoms with Crippen molar-refractivity contribution < 1.29 is 17.9 Å². The minimum Gasteiger partial charge on any atom is -0.380 e. The molecule has 0 amide bonds. The van der Waals surface area contributed by atoms with Gasteiger partial charge in [0, 0.05) is 12.0 Å². The average molecular weight is 287 g/mol. The Balaban J connectivity index is 1.85. The molecular weight excluding hydrogens is 275 g/mol. The first-order valence-electron chi connectivity index (χ1n) is 5.99. The van der Waals surface area contributed by atoms with Gasteiger partial charge in [-0.05, 0) is 12.1 Å². The largest absolute Gasteiger partial charge is 0.453 e. The number of nitrogens with zero attached hydrogens (tertiary/aromatic N) is 4. The zero-order valence-electron chi connectivity index (χ0n) is 10.6. The normalized spacial score (nSPS) is 18.0. The molecular formula is C11H12F3N5O. The number of halogens is 3. The predicted octanol–water partition coefficient (Wildman–Crippen LogP) is 1.59. The van der Waals surface area contributed by atoms with Crippen molar-refractivity contribution in [2.75, 3.05) is 25.1 Å². The van der Waals surface area contributed by atoms with Gasteiger partial charge in [0.15, 0.2) is 5.65 Å². The number of rotatable bonds is 3. The standard InChI is InChI=1S/C11H12F3N5O/c1-10(5-20-6-10)4-15-7-2-3-8-16-17-9(11(12,13)14)19(8)18-7/h2-3H,4-6H2,1H3,(H,15,18). The first-order chi connectivity index (χ1) is 9.37. The molecule has 2 aromatic rings. The smallest absolute Gasteiger partial charge is 0.380 e. The number of aromatic nitrogens is 4. The van der Waals surface area contributed by atoms with E-state index in [1.54, 1.807) is 6.07 Å². The van der Waals surface area contributed by atoms with E-state index in [1.165, 1.54) is 6.07 Å². The van der Waals surface area contributed by atoms with Gasteiger partial charge in [0.25, 0.3) is 5.82 Å². The van der Waals surface area contributed by atoms with Crippen LogP contribution in [0.4, 0.5) is 19.0 Å². The fourth-order valence-electron chi connectivity index (χ4n) is 1.92. The molecule has 2 aromatic heterocycles. The molecule has 1 aliphatic heterocycles. The van der Waals surface area contributed by atoms with Gasteiger partial charge < -0.3 is 10.1 Å². The van der Waals surface area contributed by atoms with Gasteiger partial charge in [-0.1, -0.05) is 6.92 Å². The number of nitrogens with one attached hydrogen (secondary N) is 1. The molecule has 1 N–H and O–H groups in total. The lowest BCUT2D eigenvalue weighted by molar-refractivity contribution is -0.146. The van der Waals surface area contributed by atoms with Crippen molar-refractivity contribution in [3.05, 3.63) is 18.0 Å². The van der Waals surface area contributed by atoms with E-state index >= 15 is 0 Å². The third kappa shape index (κ3) is 2.28. The molecule has 0 bridgehead atoms. The van der Waals surface area contributed by atoms with Crippen LogP contribution in [0.5, 0.6) is 0 Å². The topological polar surface area (TPSA) is 64.3 Å². The first kappa shape index (κ1) is 13.1. The van der Waals surface area contributed by atoms with Crippen molar-refractivity contribution in [3.63, 3.8) is 0 Å². The lowest BCUT2D eigenvalue weighted by Crippen LogP contribution is -2.45. The number of ether oxygens (including phenoxy) is 1. The molecule has 0 radical (unpaired) electrons. The minimum absolute atomic E-state index is 0.00329. The van der Waals surface area contributed by atoms with Crippen LogP contribution in [0, 0.1) is 5.41 Å². The second-order valence-corrected chi connectivity index (χ2v) is 5.17. The Hall–Kier alpha value is -1.90. The van der Waals surface area contributed by atoms with Crippen LogP contribution in [0.2, 0.25) is 0 Å². The second kappa shape index (κ2) is 4.30. The molecule has 20 heavy (non-hydrogen) atoms. The summed E-state index contributed by atoms with van der Waals surface area (Å²) in [6, 6.07) is 3.02. The van der Waals surface area contributed by atoms with E-state index in [-0.39, 0.29) is 11.1 Å². The molecule has 0 saturated carbocycles. The Bertz CT molecular complexity index is 635. The maximum Gasteiger partial charge on any atom is 0.453 e. The molecule has 0 aromatic carbocycles. The molecule has 9 heteroatoms. The van der Waals surface area contributed by atoms with Gasteiger partial charge in [-0.15, -0.1) is 15.3 Å². The van der Waals surface area contributed by atoms with Crippen LogP contribution < -0.4 is 5.32 Å². The van der Waals surface area contributed by atoms with Crippen molar-refractivity contribution >= 4 is 11.5 Å². The quantitative estimate of drug-likeness (QED) is 0.928. The van der Waals surface area contributed by atoms with Gasteiger partial charge in [-0.25, -0.2) is 0 Å². The van der Waals surface area contributed by atoms with Gasteiger partial charge >= 0.3 is 6.18 Å². The van der Waals surface area contributed by atoms with Crippen LogP contribution in [0.15, 0.2) is 12.1 Å². The number of alkyl halides is 3. The molecule has 108 valence electrons. The molecule has 0 spiro atoms. The van der Waals surface area contributed by atoms with Crippen molar-refractivity contribution in [1.82, 2.24) is 19.8 Å². The Morgan fingerprint density at radius 3 is 2.70 bits per heavy atom. The average Bonchev–Trinajstić information content (AvgIpc) is 2.76. The lowest BCUT2D eigenvalue weighted by atomic mass is 9.89. The van der Waals surface area contributed by atoms with E-state index in [0.717, 1.165) is 0 Å². The van der Waals surface area contributed by atoms with E-state index in [0.29, 0.717) is 30.1 Å². The van der Waals surface area contributed by atoms with Crippen LogP contribution >= 0.6 is 0 Å². The van der Waals surface area contributed by atoms with Gasteiger partial charge in [-0.3, -0.25) is 0 Å². The minimum atomic E-state index is -4.58. The fourth-order valence-corrected chi connectivity index (χ4v) is 1.92. The summed E-state index contributed by atoms with van der Waals surface area (Å²) in [5.41, 5.74) is 0.0532. The SMILES string of the molecule is CC1(CNc2ccc3nnc(C(F)(F)F)n3n2)COC1.